The lowest BCUT2D eigenvalue weighted by atomic mass is 10.2. The fourth-order valence-corrected chi connectivity index (χ4v) is 4.00. The molecule has 0 bridgehead atoms. The van der Waals surface area contributed by atoms with Gasteiger partial charge >= 0.3 is 5.97 Å². The predicted molar refractivity (Wildman–Crippen MR) is 92.1 cm³/mol. The Bertz CT molecular complexity index is 762. The summed E-state index contributed by atoms with van der Waals surface area (Å²) in [5, 5.41) is 2.80. The zero-order valence-electron chi connectivity index (χ0n) is 14.7. The van der Waals surface area contributed by atoms with Crippen LogP contribution in [0, 0.1) is 5.82 Å². The molecule has 2 rings (SSSR count). The molecule has 0 aliphatic heterocycles. The highest BCUT2D eigenvalue weighted by molar-refractivity contribution is 7.89. The fraction of sp³-hybridized carbons (Fsp3) is 0.529. The van der Waals surface area contributed by atoms with Crippen LogP contribution >= 0.6 is 0 Å². The molecule has 1 aromatic rings. The molecular formula is C17H23FN2O5S. The smallest absolute Gasteiger partial charge is 0.324 e. The number of carbonyl (C=O) groups is 2. The number of esters is 1. The SMILES string of the molecule is C[C@@H](NS(=O)(=O)c1ccccc1F)C(=O)O[C@H](C)C(=O)NC1CCCC1. The Morgan fingerprint density at radius 2 is 1.81 bits per heavy atom. The second-order valence-electron chi connectivity index (χ2n) is 6.34. The van der Waals surface area contributed by atoms with Crippen LogP contribution in [0.3, 0.4) is 0 Å². The van der Waals surface area contributed by atoms with Gasteiger partial charge in [0.2, 0.25) is 10.0 Å². The van der Waals surface area contributed by atoms with E-state index in [1.165, 1.54) is 26.0 Å². The van der Waals surface area contributed by atoms with Crippen molar-refractivity contribution in [3.05, 3.63) is 30.1 Å². The summed E-state index contributed by atoms with van der Waals surface area (Å²) in [6.45, 7) is 2.68. The third-order valence-corrected chi connectivity index (χ3v) is 5.75. The molecule has 1 aliphatic rings. The van der Waals surface area contributed by atoms with E-state index in [1.54, 1.807) is 0 Å². The van der Waals surface area contributed by atoms with E-state index in [0.717, 1.165) is 37.8 Å². The van der Waals surface area contributed by atoms with Crippen molar-refractivity contribution in [3.63, 3.8) is 0 Å². The number of nitrogens with one attached hydrogen (secondary N) is 2. The van der Waals surface area contributed by atoms with E-state index in [1.807, 2.05) is 0 Å². The van der Waals surface area contributed by atoms with Crippen molar-refractivity contribution in [3.8, 4) is 0 Å². The van der Waals surface area contributed by atoms with Crippen LogP contribution < -0.4 is 10.0 Å². The van der Waals surface area contributed by atoms with Gasteiger partial charge in [0, 0.05) is 6.04 Å². The van der Waals surface area contributed by atoms with Crippen LogP contribution in [0.1, 0.15) is 39.5 Å². The Hall–Kier alpha value is -2.00. The molecule has 0 saturated heterocycles. The lowest BCUT2D eigenvalue weighted by Crippen LogP contribution is -2.45. The van der Waals surface area contributed by atoms with Gasteiger partial charge in [-0.1, -0.05) is 25.0 Å². The molecule has 1 aliphatic carbocycles. The maximum Gasteiger partial charge on any atom is 0.324 e. The second kappa shape index (κ2) is 8.59. The van der Waals surface area contributed by atoms with Gasteiger partial charge in [0.05, 0.1) is 0 Å². The minimum absolute atomic E-state index is 0.0839. The largest absolute Gasteiger partial charge is 0.451 e. The number of amides is 1. The van der Waals surface area contributed by atoms with E-state index in [2.05, 4.69) is 10.0 Å². The van der Waals surface area contributed by atoms with Crippen molar-refractivity contribution in [2.75, 3.05) is 0 Å². The van der Waals surface area contributed by atoms with Gasteiger partial charge in [0.1, 0.15) is 16.8 Å². The zero-order valence-corrected chi connectivity index (χ0v) is 15.5. The molecular weight excluding hydrogens is 363 g/mol. The minimum Gasteiger partial charge on any atom is -0.451 e. The van der Waals surface area contributed by atoms with Crippen molar-refractivity contribution in [1.29, 1.82) is 0 Å². The molecule has 1 aromatic carbocycles. The first-order valence-corrected chi connectivity index (χ1v) is 9.97. The van der Waals surface area contributed by atoms with Crippen LogP contribution in [-0.2, 0) is 24.3 Å². The summed E-state index contributed by atoms with van der Waals surface area (Å²) in [5.41, 5.74) is 0. The summed E-state index contributed by atoms with van der Waals surface area (Å²) in [4.78, 5) is 23.5. The molecule has 144 valence electrons. The molecule has 0 aromatic heterocycles. The number of halogens is 1. The topological polar surface area (TPSA) is 102 Å². The van der Waals surface area contributed by atoms with Crippen LogP contribution in [0.4, 0.5) is 4.39 Å². The third-order valence-electron chi connectivity index (χ3n) is 4.18. The first-order chi connectivity index (χ1) is 12.2. The zero-order chi connectivity index (χ0) is 19.3. The lowest BCUT2D eigenvalue weighted by Gasteiger charge is -2.19. The van der Waals surface area contributed by atoms with Crippen LogP contribution in [-0.4, -0.2) is 38.5 Å². The van der Waals surface area contributed by atoms with Gasteiger partial charge in [-0.2, -0.15) is 4.72 Å². The molecule has 26 heavy (non-hydrogen) atoms. The standard InChI is InChI=1S/C17H23FN2O5S/c1-11(20-26(23,24)15-10-6-5-9-14(15)18)17(22)25-12(2)16(21)19-13-7-3-4-8-13/h5-6,9-13,20H,3-4,7-8H2,1-2H3,(H,19,21)/t11-,12-/m1/s1. The summed E-state index contributed by atoms with van der Waals surface area (Å²) in [7, 11) is -4.24. The van der Waals surface area contributed by atoms with Crippen molar-refractivity contribution in [2.45, 2.75) is 62.6 Å². The van der Waals surface area contributed by atoms with Gasteiger partial charge in [-0.15, -0.1) is 0 Å². The molecule has 0 spiro atoms. The summed E-state index contributed by atoms with van der Waals surface area (Å²) in [6, 6.07) is 3.63. The molecule has 2 atom stereocenters. The molecule has 0 heterocycles. The average Bonchev–Trinajstić information content (AvgIpc) is 3.07. The molecule has 9 heteroatoms. The van der Waals surface area contributed by atoms with Gasteiger partial charge in [0.25, 0.3) is 5.91 Å². The first kappa shape index (κ1) is 20.3. The van der Waals surface area contributed by atoms with E-state index in [4.69, 9.17) is 4.74 Å². The number of ether oxygens (including phenoxy) is 1. The Balaban J connectivity index is 1.92. The van der Waals surface area contributed by atoms with Gasteiger partial charge in [0.15, 0.2) is 6.10 Å². The van der Waals surface area contributed by atoms with E-state index in [0.29, 0.717) is 0 Å². The summed E-state index contributed by atoms with van der Waals surface area (Å²) in [6.07, 6.45) is 2.84. The minimum atomic E-state index is -4.24. The van der Waals surface area contributed by atoms with E-state index < -0.39 is 44.8 Å². The third kappa shape index (κ3) is 5.25. The van der Waals surface area contributed by atoms with E-state index >= 15 is 0 Å². The number of hydrogen-bond acceptors (Lipinski definition) is 5. The number of hydrogen-bond donors (Lipinski definition) is 2. The van der Waals surface area contributed by atoms with Crippen LogP contribution in [0.2, 0.25) is 0 Å². The highest BCUT2D eigenvalue weighted by Crippen LogP contribution is 2.18. The van der Waals surface area contributed by atoms with E-state index in [-0.39, 0.29) is 6.04 Å². The lowest BCUT2D eigenvalue weighted by molar-refractivity contribution is -0.156. The molecule has 0 unspecified atom stereocenters. The summed E-state index contributed by atoms with van der Waals surface area (Å²) < 4.78 is 45.1. The normalized spacial score (nSPS) is 17.5. The summed E-state index contributed by atoms with van der Waals surface area (Å²) >= 11 is 0. The van der Waals surface area contributed by atoms with Gasteiger partial charge in [-0.3, -0.25) is 9.59 Å². The Kier molecular flexibility index (Phi) is 6.71. The molecule has 1 amide bonds. The van der Waals surface area contributed by atoms with Gasteiger partial charge in [-0.25, -0.2) is 12.8 Å². The quantitative estimate of drug-likeness (QED) is 0.691. The molecule has 7 nitrogen and oxygen atoms in total. The Morgan fingerprint density at radius 1 is 1.19 bits per heavy atom. The van der Waals surface area contributed by atoms with Crippen LogP contribution in [0.5, 0.6) is 0 Å². The maximum atomic E-state index is 13.7. The van der Waals surface area contributed by atoms with Gasteiger partial charge in [-0.05, 0) is 38.8 Å². The van der Waals surface area contributed by atoms with Crippen molar-refractivity contribution < 1.29 is 27.1 Å². The van der Waals surface area contributed by atoms with E-state index in [9.17, 15) is 22.4 Å². The fourth-order valence-electron chi connectivity index (χ4n) is 2.73. The maximum absolute atomic E-state index is 13.7. The van der Waals surface area contributed by atoms with Crippen molar-refractivity contribution in [1.82, 2.24) is 10.0 Å². The monoisotopic (exact) mass is 386 g/mol. The van der Waals surface area contributed by atoms with Crippen molar-refractivity contribution >= 4 is 21.9 Å². The Labute approximate surface area is 152 Å². The number of rotatable bonds is 7. The number of carbonyl (C=O) groups excluding carboxylic acids is 2. The second-order valence-corrected chi connectivity index (χ2v) is 8.02. The molecule has 1 fully saturated rings. The molecule has 0 radical (unpaired) electrons. The van der Waals surface area contributed by atoms with Crippen molar-refractivity contribution in [2.24, 2.45) is 0 Å². The highest BCUT2D eigenvalue weighted by atomic mass is 32.2. The first-order valence-electron chi connectivity index (χ1n) is 8.48. The van der Waals surface area contributed by atoms with Crippen LogP contribution in [0.15, 0.2) is 29.2 Å². The Morgan fingerprint density at radius 3 is 2.42 bits per heavy atom. The van der Waals surface area contributed by atoms with Gasteiger partial charge < -0.3 is 10.1 Å². The molecule has 1 saturated carbocycles. The number of benzene rings is 1. The predicted octanol–water partition coefficient (Wildman–Crippen LogP) is 1.48. The number of sulfonamides is 1. The molecule has 2 N–H and O–H groups in total. The average molecular weight is 386 g/mol. The highest BCUT2D eigenvalue weighted by Gasteiger charge is 2.28. The summed E-state index contributed by atoms with van der Waals surface area (Å²) in [5.74, 6) is -2.27. The van der Waals surface area contributed by atoms with Crippen LogP contribution in [0.25, 0.3) is 0 Å².